The first-order valence-electron chi connectivity index (χ1n) is 6.72. The summed E-state index contributed by atoms with van der Waals surface area (Å²) in [4.78, 5) is 14.0. The average molecular weight is 267 g/mol. The van der Waals surface area contributed by atoms with Crippen molar-refractivity contribution in [3.05, 3.63) is 21.9 Å². The van der Waals surface area contributed by atoms with Gasteiger partial charge in [0, 0.05) is 6.54 Å². The number of nitrogens with zero attached hydrogens (tertiary/aromatic N) is 1. The molecular weight excluding hydrogens is 246 g/mol. The number of rotatable bonds is 4. The fourth-order valence-corrected chi connectivity index (χ4v) is 3.43. The van der Waals surface area contributed by atoms with E-state index in [1.165, 1.54) is 37.0 Å². The van der Waals surface area contributed by atoms with Crippen molar-refractivity contribution in [2.75, 3.05) is 13.1 Å². The van der Waals surface area contributed by atoms with Crippen LogP contribution in [0, 0.1) is 5.92 Å². The number of hydrogen-bond acceptors (Lipinski definition) is 3. The molecule has 18 heavy (non-hydrogen) atoms. The Bertz CT molecular complexity index is 402. The van der Waals surface area contributed by atoms with E-state index in [-0.39, 0.29) is 0 Å². The van der Waals surface area contributed by atoms with Gasteiger partial charge in [-0.3, -0.25) is 4.90 Å². The summed E-state index contributed by atoms with van der Waals surface area (Å²) < 4.78 is 0. The summed E-state index contributed by atoms with van der Waals surface area (Å²) in [6, 6.07) is 1.95. The normalized spacial score (nSPS) is 21.7. The Labute approximate surface area is 112 Å². The Morgan fingerprint density at radius 3 is 3.06 bits per heavy atom. The van der Waals surface area contributed by atoms with Crippen LogP contribution in [0.3, 0.4) is 0 Å². The Hall–Kier alpha value is -0.870. The molecule has 1 N–H and O–H groups in total. The first kappa shape index (κ1) is 13.6. The summed E-state index contributed by atoms with van der Waals surface area (Å²) in [6.07, 6.45) is 5.09. The van der Waals surface area contributed by atoms with Crippen molar-refractivity contribution in [3.63, 3.8) is 0 Å². The largest absolute Gasteiger partial charge is 0.477 e. The maximum atomic E-state index is 11.1. The van der Waals surface area contributed by atoms with E-state index in [0.29, 0.717) is 4.88 Å². The number of thiophene rings is 1. The molecule has 100 valence electrons. The van der Waals surface area contributed by atoms with Gasteiger partial charge >= 0.3 is 5.97 Å². The molecule has 2 heterocycles. The predicted octanol–water partition coefficient (Wildman–Crippen LogP) is 3.46. The summed E-state index contributed by atoms with van der Waals surface area (Å²) >= 11 is 1.33. The minimum absolute atomic E-state index is 0.506. The summed E-state index contributed by atoms with van der Waals surface area (Å²) in [5, 5.41) is 11.0. The molecule has 0 bridgehead atoms. The van der Waals surface area contributed by atoms with E-state index in [0.717, 1.165) is 31.1 Å². The van der Waals surface area contributed by atoms with Crippen LogP contribution in [-0.2, 0) is 6.54 Å². The van der Waals surface area contributed by atoms with Crippen molar-refractivity contribution >= 4 is 17.3 Å². The highest BCUT2D eigenvalue weighted by Crippen LogP contribution is 2.23. The van der Waals surface area contributed by atoms with Crippen LogP contribution in [0.1, 0.15) is 47.8 Å². The van der Waals surface area contributed by atoms with Crippen LogP contribution in [0.5, 0.6) is 0 Å². The molecule has 0 radical (unpaired) electrons. The molecule has 1 fully saturated rings. The predicted molar refractivity (Wildman–Crippen MR) is 74.2 cm³/mol. The lowest BCUT2D eigenvalue weighted by Crippen LogP contribution is -2.24. The number of carbonyl (C=O) groups is 1. The fourth-order valence-electron chi connectivity index (χ4n) is 2.68. The lowest BCUT2D eigenvalue weighted by atomic mass is 9.98. The maximum absolute atomic E-state index is 11.1. The molecule has 4 heteroatoms. The molecule has 1 aromatic heterocycles. The van der Waals surface area contributed by atoms with Crippen molar-refractivity contribution in [1.29, 1.82) is 0 Å². The first-order valence-corrected chi connectivity index (χ1v) is 7.60. The third-order valence-corrected chi connectivity index (χ3v) is 4.80. The van der Waals surface area contributed by atoms with Crippen LogP contribution >= 0.6 is 11.3 Å². The zero-order valence-electron chi connectivity index (χ0n) is 10.9. The Kier molecular flexibility index (Phi) is 4.78. The molecule has 2 rings (SSSR count). The molecule has 0 aliphatic carbocycles. The number of likely N-dealkylation sites (tertiary alicyclic amines) is 1. The molecule has 0 aromatic carbocycles. The van der Waals surface area contributed by atoms with E-state index in [9.17, 15) is 4.79 Å². The monoisotopic (exact) mass is 267 g/mol. The molecule has 1 unspecified atom stereocenters. The van der Waals surface area contributed by atoms with Crippen molar-refractivity contribution in [2.24, 2.45) is 5.92 Å². The van der Waals surface area contributed by atoms with Gasteiger partial charge in [0.05, 0.1) is 0 Å². The minimum atomic E-state index is -0.791. The van der Waals surface area contributed by atoms with Gasteiger partial charge in [0.2, 0.25) is 0 Å². The van der Waals surface area contributed by atoms with Crippen LogP contribution in [-0.4, -0.2) is 29.1 Å². The SMILES string of the molecule is CCC1CCCN(Cc2ccsc2C(=O)O)CC1. The number of carboxylic acid groups (broad SMARTS) is 1. The minimum Gasteiger partial charge on any atom is -0.477 e. The van der Waals surface area contributed by atoms with E-state index < -0.39 is 5.97 Å². The van der Waals surface area contributed by atoms with Gasteiger partial charge in [-0.2, -0.15) is 0 Å². The highest BCUT2D eigenvalue weighted by molar-refractivity contribution is 7.12. The van der Waals surface area contributed by atoms with E-state index in [1.807, 2.05) is 11.4 Å². The smallest absolute Gasteiger partial charge is 0.346 e. The van der Waals surface area contributed by atoms with E-state index >= 15 is 0 Å². The Morgan fingerprint density at radius 2 is 2.33 bits per heavy atom. The Balaban J connectivity index is 1.96. The molecule has 0 saturated carbocycles. The van der Waals surface area contributed by atoms with Crippen LogP contribution < -0.4 is 0 Å². The summed E-state index contributed by atoms with van der Waals surface area (Å²) in [5.41, 5.74) is 0.974. The quantitative estimate of drug-likeness (QED) is 0.908. The molecule has 1 aromatic rings. The van der Waals surface area contributed by atoms with Gasteiger partial charge < -0.3 is 5.11 Å². The zero-order chi connectivity index (χ0) is 13.0. The van der Waals surface area contributed by atoms with E-state index in [2.05, 4.69) is 11.8 Å². The summed E-state index contributed by atoms with van der Waals surface area (Å²) in [5.74, 6) is 0.0673. The molecule has 0 amide bonds. The van der Waals surface area contributed by atoms with E-state index in [1.54, 1.807) is 0 Å². The van der Waals surface area contributed by atoms with Crippen LogP contribution in [0.15, 0.2) is 11.4 Å². The highest BCUT2D eigenvalue weighted by atomic mass is 32.1. The molecule has 1 aliphatic rings. The average Bonchev–Trinajstić information content (AvgIpc) is 2.69. The van der Waals surface area contributed by atoms with Crippen molar-refractivity contribution in [1.82, 2.24) is 4.90 Å². The van der Waals surface area contributed by atoms with Gasteiger partial charge in [-0.1, -0.05) is 13.3 Å². The molecular formula is C14H21NO2S. The molecule has 0 spiro atoms. The topological polar surface area (TPSA) is 40.5 Å². The lowest BCUT2D eigenvalue weighted by Gasteiger charge is -2.19. The van der Waals surface area contributed by atoms with Gasteiger partial charge in [0.1, 0.15) is 4.88 Å². The van der Waals surface area contributed by atoms with Gasteiger partial charge in [-0.05, 0) is 55.3 Å². The van der Waals surface area contributed by atoms with Gasteiger partial charge in [0.25, 0.3) is 0 Å². The van der Waals surface area contributed by atoms with Gasteiger partial charge in [-0.25, -0.2) is 4.79 Å². The molecule has 1 saturated heterocycles. The van der Waals surface area contributed by atoms with Crippen LogP contribution in [0.2, 0.25) is 0 Å². The van der Waals surface area contributed by atoms with Crippen molar-refractivity contribution < 1.29 is 9.90 Å². The molecule has 3 nitrogen and oxygen atoms in total. The van der Waals surface area contributed by atoms with E-state index in [4.69, 9.17) is 5.11 Å². The lowest BCUT2D eigenvalue weighted by molar-refractivity contribution is 0.0700. The second-order valence-electron chi connectivity index (χ2n) is 5.06. The number of carboxylic acids is 1. The summed E-state index contributed by atoms with van der Waals surface area (Å²) in [6.45, 7) is 5.27. The molecule has 1 aliphatic heterocycles. The number of hydrogen-bond donors (Lipinski definition) is 1. The highest BCUT2D eigenvalue weighted by Gasteiger charge is 2.18. The second kappa shape index (κ2) is 6.34. The Morgan fingerprint density at radius 1 is 1.50 bits per heavy atom. The van der Waals surface area contributed by atoms with Crippen LogP contribution in [0.4, 0.5) is 0 Å². The standard InChI is InChI=1S/C14H21NO2S/c1-2-11-4-3-7-15(8-5-11)10-12-6-9-18-13(12)14(16)17/h6,9,11H,2-5,7-8,10H2,1H3,(H,16,17). The van der Waals surface area contributed by atoms with Gasteiger partial charge in [0.15, 0.2) is 0 Å². The third kappa shape index (κ3) is 3.33. The second-order valence-corrected chi connectivity index (χ2v) is 5.98. The fraction of sp³-hybridized carbons (Fsp3) is 0.643. The first-order chi connectivity index (χ1) is 8.70. The van der Waals surface area contributed by atoms with Crippen LogP contribution in [0.25, 0.3) is 0 Å². The number of aromatic carboxylic acids is 1. The van der Waals surface area contributed by atoms with Gasteiger partial charge in [-0.15, -0.1) is 11.3 Å². The maximum Gasteiger partial charge on any atom is 0.346 e. The third-order valence-electron chi connectivity index (χ3n) is 3.85. The van der Waals surface area contributed by atoms with Crippen molar-refractivity contribution in [2.45, 2.75) is 39.2 Å². The molecule has 1 atom stereocenters. The zero-order valence-corrected chi connectivity index (χ0v) is 11.7. The summed E-state index contributed by atoms with van der Waals surface area (Å²) in [7, 11) is 0. The van der Waals surface area contributed by atoms with Crippen molar-refractivity contribution in [3.8, 4) is 0 Å².